The topological polar surface area (TPSA) is 21.7 Å². The van der Waals surface area contributed by atoms with Crippen LogP contribution in [0, 0.1) is 5.92 Å². The van der Waals surface area contributed by atoms with E-state index in [0.717, 1.165) is 38.1 Å². The fourth-order valence-corrected chi connectivity index (χ4v) is 7.68. The number of unbranched alkanes of at least 4 members (excludes halogenated alkanes) is 18. The number of hydrogen-bond acceptors (Lipinski definition) is 3. The molecule has 48 heavy (non-hydrogen) atoms. The zero-order valence-electron chi connectivity index (χ0n) is 32.6. The van der Waals surface area contributed by atoms with E-state index in [9.17, 15) is 0 Å². The molecule has 1 heterocycles. The molecule has 2 fully saturated rings. The van der Waals surface area contributed by atoms with E-state index < -0.39 is 0 Å². The number of rotatable bonds is 32. The van der Waals surface area contributed by atoms with Crippen LogP contribution in [-0.2, 0) is 9.47 Å². The Morgan fingerprint density at radius 1 is 0.479 bits per heavy atom. The summed E-state index contributed by atoms with van der Waals surface area (Å²) in [7, 11) is 4.38. The third-order valence-corrected chi connectivity index (χ3v) is 10.4. The van der Waals surface area contributed by atoms with Crippen LogP contribution in [-0.4, -0.2) is 43.5 Å². The Balaban J connectivity index is 1.57. The van der Waals surface area contributed by atoms with Crippen LogP contribution < -0.4 is 0 Å². The molecule has 0 radical (unpaired) electrons. The molecule has 1 saturated carbocycles. The first-order valence-electron chi connectivity index (χ1n) is 21.2. The maximum Gasteiger partial charge on any atom is 0.169 e. The molecule has 0 N–H and O–H groups in total. The monoisotopic (exact) mass is 668 g/mol. The molecule has 2 rings (SSSR count). The second kappa shape index (κ2) is 29.6. The van der Waals surface area contributed by atoms with Gasteiger partial charge in [0.15, 0.2) is 5.79 Å². The lowest BCUT2D eigenvalue weighted by molar-refractivity contribution is -0.193. The van der Waals surface area contributed by atoms with E-state index in [1.54, 1.807) is 0 Å². The largest absolute Gasteiger partial charge is 0.344 e. The van der Waals surface area contributed by atoms with Crippen LogP contribution in [0.4, 0.5) is 0 Å². The lowest BCUT2D eigenvalue weighted by Crippen LogP contribution is -2.33. The zero-order chi connectivity index (χ0) is 34.4. The van der Waals surface area contributed by atoms with Crippen molar-refractivity contribution in [2.24, 2.45) is 5.92 Å². The smallest absolute Gasteiger partial charge is 0.169 e. The van der Waals surface area contributed by atoms with Gasteiger partial charge < -0.3 is 14.4 Å². The predicted octanol–water partition coefficient (Wildman–Crippen LogP) is 13.8. The SMILES string of the molecule is CCCCC/C=C\C/C=C\CCCCCCCCC1(CCCCCCCC/C=C\C/C=C\CCCCC)O[C@H]2C[C@H](CN(C)C)C[C@H]2O1. The second-order valence-corrected chi connectivity index (χ2v) is 15.5. The fourth-order valence-electron chi connectivity index (χ4n) is 7.68. The van der Waals surface area contributed by atoms with Gasteiger partial charge in [0.2, 0.25) is 0 Å². The van der Waals surface area contributed by atoms with Crippen molar-refractivity contribution in [3.63, 3.8) is 0 Å². The fraction of sp³-hybridized carbons (Fsp3) is 0.822. The summed E-state index contributed by atoms with van der Waals surface area (Å²) in [4.78, 5) is 2.33. The van der Waals surface area contributed by atoms with E-state index in [1.165, 1.54) is 154 Å². The first kappa shape index (κ1) is 43.0. The van der Waals surface area contributed by atoms with Gasteiger partial charge in [0.05, 0.1) is 12.2 Å². The van der Waals surface area contributed by atoms with Crippen LogP contribution in [0.1, 0.15) is 194 Å². The first-order chi connectivity index (χ1) is 23.6. The van der Waals surface area contributed by atoms with Gasteiger partial charge in [0, 0.05) is 19.4 Å². The van der Waals surface area contributed by atoms with Gasteiger partial charge in [-0.15, -0.1) is 0 Å². The van der Waals surface area contributed by atoms with Gasteiger partial charge in [0.1, 0.15) is 0 Å². The predicted molar refractivity (Wildman–Crippen MR) is 212 cm³/mol. The third-order valence-electron chi connectivity index (χ3n) is 10.4. The molecule has 278 valence electrons. The summed E-state index contributed by atoms with van der Waals surface area (Å²) in [5, 5.41) is 0. The molecule has 0 unspecified atom stereocenters. The van der Waals surface area contributed by atoms with Gasteiger partial charge in [-0.1, -0.05) is 140 Å². The number of ether oxygens (including phenoxy) is 2. The van der Waals surface area contributed by atoms with Crippen molar-refractivity contribution in [2.45, 2.75) is 212 Å². The van der Waals surface area contributed by atoms with Gasteiger partial charge in [-0.25, -0.2) is 0 Å². The van der Waals surface area contributed by atoms with E-state index in [1.807, 2.05) is 0 Å². The summed E-state index contributed by atoms with van der Waals surface area (Å²) in [6, 6.07) is 0. The van der Waals surface area contributed by atoms with Crippen LogP contribution in [0.15, 0.2) is 48.6 Å². The molecular formula is C45H81NO2. The third kappa shape index (κ3) is 21.8. The van der Waals surface area contributed by atoms with Crippen molar-refractivity contribution < 1.29 is 9.47 Å². The molecule has 1 saturated heterocycles. The Kier molecular flexibility index (Phi) is 26.5. The van der Waals surface area contributed by atoms with Crippen molar-refractivity contribution in [2.75, 3.05) is 20.6 Å². The second-order valence-electron chi connectivity index (χ2n) is 15.5. The van der Waals surface area contributed by atoms with E-state index in [4.69, 9.17) is 9.47 Å². The van der Waals surface area contributed by atoms with Crippen molar-refractivity contribution >= 4 is 0 Å². The highest BCUT2D eigenvalue weighted by atomic mass is 16.8. The van der Waals surface area contributed by atoms with Gasteiger partial charge >= 0.3 is 0 Å². The average molecular weight is 668 g/mol. The summed E-state index contributed by atoms with van der Waals surface area (Å²) in [5.74, 6) is 0.417. The summed E-state index contributed by atoms with van der Waals surface area (Å²) in [6.07, 6.45) is 55.2. The van der Waals surface area contributed by atoms with Crippen molar-refractivity contribution in [3.8, 4) is 0 Å². The summed E-state index contributed by atoms with van der Waals surface area (Å²) < 4.78 is 13.7. The highest BCUT2D eigenvalue weighted by Gasteiger charge is 2.50. The van der Waals surface area contributed by atoms with Crippen molar-refractivity contribution in [1.29, 1.82) is 0 Å². The molecule has 2 aliphatic rings. The Labute approximate surface area is 300 Å². The lowest BCUT2D eigenvalue weighted by atomic mass is 9.98. The highest BCUT2D eigenvalue weighted by molar-refractivity contribution is 4.95. The minimum absolute atomic E-state index is 0.303. The normalized spacial score (nSPS) is 21.0. The number of nitrogens with zero attached hydrogens (tertiary/aromatic N) is 1. The number of allylic oxidation sites excluding steroid dienone is 8. The molecule has 3 heteroatoms. The van der Waals surface area contributed by atoms with Crippen LogP contribution in [0.25, 0.3) is 0 Å². The van der Waals surface area contributed by atoms with E-state index in [-0.39, 0.29) is 5.79 Å². The van der Waals surface area contributed by atoms with Gasteiger partial charge in [-0.05, 0) is 110 Å². The van der Waals surface area contributed by atoms with E-state index >= 15 is 0 Å². The van der Waals surface area contributed by atoms with Crippen LogP contribution in [0.3, 0.4) is 0 Å². The molecule has 0 bridgehead atoms. The maximum atomic E-state index is 6.87. The molecule has 0 aromatic rings. The minimum atomic E-state index is -0.303. The molecule has 1 aliphatic heterocycles. The lowest BCUT2D eigenvalue weighted by Gasteiger charge is -2.30. The van der Waals surface area contributed by atoms with Crippen molar-refractivity contribution in [3.05, 3.63) is 48.6 Å². The van der Waals surface area contributed by atoms with Gasteiger partial charge in [0.25, 0.3) is 0 Å². The quantitative estimate of drug-likeness (QED) is 0.0526. The van der Waals surface area contributed by atoms with Crippen LogP contribution >= 0.6 is 0 Å². The van der Waals surface area contributed by atoms with E-state index in [2.05, 4.69) is 81.5 Å². The number of hydrogen-bond donors (Lipinski definition) is 0. The van der Waals surface area contributed by atoms with Gasteiger partial charge in [-0.3, -0.25) is 0 Å². The molecule has 0 spiro atoms. The van der Waals surface area contributed by atoms with Crippen LogP contribution in [0.2, 0.25) is 0 Å². The first-order valence-corrected chi connectivity index (χ1v) is 21.2. The summed E-state index contributed by atoms with van der Waals surface area (Å²) in [5.41, 5.74) is 0. The standard InChI is InChI=1S/C45H81NO2/c1-5-7-9-11-13-15-17-19-21-23-25-27-29-31-33-35-37-45(47-43-39-42(41-46(3)4)40-44(43)48-45)38-36-34-32-30-28-26-24-22-20-18-16-14-12-10-8-6-2/h13-16,19-22,42-44H,5-12,17-18,23-41H2,1-4H3/b15-13-,16-14-,21-19-,22-20-/t42-,43-,44+. The average Bonchev–Trinajstić information content (AvgIpc) is 3.59. The summed E-state index contributed by atoms with van der Waals surface area (Å²) in [6.45, 7) is 5.70. The van der Waals surface area contributed by atoms with Crippen LogP contribution in [0.5, 0.6) is 0 Å². The molecule has 0 amide bonds. The Bertz CT molecular complexity index is 778. The molecule has 1 aliphatic carbocycles. The maximum absolute atomic E-state index is 6.87. The Morgan fingerprint density at radius 2 is 0.833 bits per heavy atom. The zero-order valence-corrected chi connectivity index (χ0v) is 32.6. The Morgan fingerprint density at radius 3 is 1.21 bits per heavy atom. The van der Waals surface area contributed by atoms with Crippen molar-refractivity contribution in [1.82, 2.24) is 4.90 Å². The molecule has 3 atom stereocenters. The van der Waals surface area contributed by atoms with Gasteiger partial charge in [-0.2, -0.15) is 0 Å². The minimum Gasteiger partial charge on any atom is -0.344 e. The Hall–Kier alpha value is -1.16. The molecule has 3 nitrogen and oxygen atoms in total. The highest BCUT2D eigenvalue weighted by Crippen LogP contribution is 2.45. The number of fused-ring (bicyclic) bond motifs is 1. The summed E-state index contributed by atoms with van der Waals surface area (Å²) >= 11 is 0. The molecular weight excluding hydrogens is 587 g/mol. The van der Waals surface area contributed by atoms with E-state index in [0.29, 0.717) is 12.2 Å². The molecule has 0 aromatic carbocycles. The molecule has 0 aromatic heterocycles.